The van der Waals surface area contributed by atoms with Crippen molar-refractivity contribution in [1.29, 1.82) is 5.41 Å². The third-order valence-corrected chi connectivity index (χ3v) is 5.81. The minimum absolute atomic E-state index is 0.0920. The van der Waals surface area contributed by atoms with Gasteiger partial charge in [-0.3, -0.25) is 14.0 Å². The van der Waals surface area contributed by atoms with Crippen LogP contribution in [0.2, 0.25) is 5.02 Å². The van der Waals surface area contributed by atoms with Crippen molar-refractivity contribution in [3.8, 4) is 5.69 Å². The van der Waals surface area contributed by atoms with E-state index in [0.717, 1.165) is 11.9 Å². The number of benzene rings is 1. The zero-order chi connectivity index (χ0) is 24.9. The summed E-state index contributed by atoms with van der Waals surface area (Å²) in [6.07, 6.45) is 5.49. The van der Waals surface area contributed by atoms with E-state index >= 15 is 0 Å². The molecule has 35 heavy (non-hydrogen) atoms. The van der Waals surface area contributed by atoms with E-state index in [4.69, 9.17) is 17.0 Å². The number of aliphatic hydroxyl groups is 1. The maximum atomic E-state index is 14.0. The van der Waals surface area contributed by atoms with Crippen LogP contribution in [0.5, 0.6) is 0 Å². The van der Waals surface area contributed by atoms with Crippen molar-refractivity contribution in [3.05, 3.63) is 99.1 Å². The first-order valence-corrected chi connectivity index (χ1v) is 11.0. The highest BCUT2D eigenvalue weighted by Crippen LogP contribution is 2.25. The highest BCUT2D eigenvalue weighted by molar-refractivity contribution is 6.32. The third kappa shape index (κ3) is 5.08. The van der Waals surface area contributed by atoms with Gasteiger partial charge in [0.25, 0.3) is 5.56 Å². The van der Waals surface area contributed by atoms with E-state index in [0.29, 0.717) is 22.8 Å². The van der Waals surface area contributed by atoms with E-state index in [1.807, 2.05) is 0 Å². The summed E-state index contributed by atoms with van der Waals surface area (Å²) in [5, 5.41) is 28.1. The average Bonchev–Trinajstić information content (AvgIpc) is 3.29. The summed E-state index contributed by atoms with van der Waals surface area (Å²) in [5.74, 6) is 0.0235. The summed E-state index contributed by atoms with van der Waals surface area (Å²) in [6.45, 7) is -0.0585. The second-order valence-corrected chi connectivity index (χ2v) is 8.09. The van der Waals surface area contributed by atoms with Crippen molar-refractivity contribution in [2.45, 2.75) is 12.6 Å². The fourth-order valence-electron chi connectivity index (χ4n) is 3.68. The number of aromatic nitrogens is 4. The molecule has 4 N–H and O–H groups in total. The zero-order valence-electron chi connectivity index (χ0n) is 18.7. The van der Waals surface area contributed by atoms with Gasteiger partial charge in [-0.25, -0.2) is 9.37 Å². The molecule has 4 rings (SSSR count). The number of halogens is 2. The molecule has 0 fully saturated rings. The number of rotatable bonds is 9. The van der Waals surface area contributed by atoms with Gasteiger partial charge in [0.2, 0.25) is 0 Å². The van der Waals surface area contributed by atoms with Crippen molar-refractivity contribution in [2.75, 3.05) is 17.2 Å². The first-order valence-electron chi connectivity index (χ1n) is 10.7. The van der Waals surface area contributed by atoms with Crippen molar-refractivity contribution in [3.63, 3.8) is 0 Å². The molecule has 0 aliphatic carbocycles. The zero-order valence-corrected chi connectivity index (χ0v) is 19.5. The van der Waals surface area contributed by atoms with Gasteiger partial charge in [-0.2, -0.15) is 5.10 Å². The number of anilines is 2. The van der Waals surface area contributed by atoms with Crippen molar-refractivity contribution in [2.24, 2.45) is 7.05 Å². The molecule has 4 aromatic rings. The minimum atomic E-state index is -0.483. The van der Waals surface area contributed by atoms with Crippen LogP contribution < -0.4 is 16.2 Å². The summed E-state index contributed by atoms with van der Waals surface area (Å²) >= 11 is 6.36. The number of pyridine rings is 2. The number of aryl methyl sites for hydroxylation is 1. The van der Waals surface area contributed by atoms with Gasteiger partial charge in [0.15, 0.2) is 0 Å². The van der Waals surface area contributed by atoms with Crippen LogP contribution >= 0.6 is 11.6 Å². The molecule has 180 valence electrons. The largest absolute Gasteiger partial charge is 0.394 e. The normalized spacial score (nSPS) is 11.8. The number of nitrogens with zero attached hydrogens (tertiary/aromatic N) is 4. The standard InChI is InChI=1S/C24H23ClFN7O2/c1-32-21(6-8-30-32)20(14-34)31-23-10-22(17(25)13-29-23)33-9-7-19(16(11-27)24(33)35)28-12-15-4-2-3-5-18(15)26/h2-11,13,20,27-28,34H,12,14H2,1H3,(H,29,31)/t20-/m0/s1. The quantitative estimate of drug-likeness (QED) is 0.264. The predicted molar refractivity (Wildman–Crippen MR) is 133 cm³/mol. The van der Waals surface area contributed by atoms with Gasteiger partial charge in [-0.15, -0.1) is 0 Å². The molecule has 1 aromatic carbocycles. The second kappa shape index (κ2) is 10.5. The summed E-state index contributed by atoms with van der Waals surface area (Å²) in [5.41, 5.74) is 1.54. The molecular weight excluding hydrogens is 473 g/mol. The van der Waals surface area contributed by atoms with Gasteiger partial charge in [0.1, 0.15) is 11.6 Å². The highest BCUT2D eigenvalue weighted by Gasteiger charge is 2.17. The minimum Gasteiger partial charge on any atom is -0.394 e. The molecular formula is C24H23ClFN7O2. The SMILES string of the molecule is Cn1nccc1[C@H](CO)Nc1cc(-n2ccc(NCc3ccccc3F)c(C=N)c2=O)c(Cl)cn1. The molecule has 0 aliphatic rings. The maximum Gasteiger partial charge on any atom is 0.266 e. The topological polar surface area (TPSA) is 121 Å². The van der Waals surface area contributed by atoms with E-state index in [9.17, 15) is 14.3 Å². The fourth-order valence-corrected chi connectivity index (χ4v) is 3.87. The molecule has 3 heterocycles. The van der Waals surface area contributed by atoms with Crippen molar-refractivity contribution < 1.29 is 9.50 Å². The summed E-state index contributed by atoms with van der Waals surface area (Å²) in [6, 6.07) is 10.8. The van der Waals surface area contributed by atoms with Crippen LogP contribution in [-0.4, -0.2) is 37.3 Å². The molecule has 0 radical (unpaired) electrons. The van der Waals surface area contributed by atoms with E-state index in [2.05, 4.69) is 20.7 Å². The van der Waals surface area contributed by atoms with Gasteiger partial charge >= 0.3 is 0 Å². The second-order valence-electron chi connectivity index (χ2n) is 7.69. The Morgan fingerprint density at radius 2 is 2.09 bits per heavy atom. The summed E-state index contributed by atoms with van der Waals surface area (Å²) in [4.78, 5) is 17.5. The van der Waals surface area contributed by atoms with E-state index in [-0.39, 0.29) is 29.6 Å². The fraction of sp³-hybridized carbons (Fsp3) is 0.167. The smallest absolute Gasteiger partial charge is 0.266 e. The number of aliphatic hydroxyl groups excluding tert-OH is 1. The van der Waals surface area contributed by atoms with E-state index in [1.54, 1.807) is 54.3 Å². The van der Waals surface area contributed by atoms with Crippen LogP contribution in [0.4, 0.5) is 15.9 Å². The Hall–Kier alpha value is -4.02. The molecule has 0 amide bonds. The lowest BCUT2D eigenvalue weighted by atomic mass is 10.2. The Bertz CT molecular complexity index is 1420. The Morgan fingerprint density at radius 1 is 1.29 bits per heavy atom. The molecule has 3 aromatic heterocycles. The maximum absolute atomic E-state index is 14.0. The van der Waals surface area contributed by atoms with Gasteiger partial charge in [-0.1, -0.05) is 29.8 Å². The van der Waals surface area contributed by atoms with Crippen LogP contribution in [0.1, 0.15) is 22.9 Å². The number of hydrogen-bond acceptors (Lipinski definition) is 7. The number of hydrogen-bond donors (Lipinski definition) is 4. The Labute approximate surface area is 205 Å². The van der Waals surface area contributed by atoms with Gasteiger partial charge in [0.05, 0.1) is 46.5 Å². The molecule has 0 bridgehead atoms. The van der Waals surface area contributed by atoms with Crippen molar-refractivity contribution >= 4 is 29.3 Å². The molecule has 0 unspecified atom stereocenters. The molecule has 0 spiro atoms. The molecule has 0 saturated heterocycles. The summed E-state index contributed by atoms with van der Waals surface area (Å²) < 4.78 is 16.9. The molecule has 0 saturated carbocycles. The number of nitrogens with one attached hydrogen (secondary N) is 3. The third-order valence-electron chi connectivity index (χ3n) is 5.52. The lowest BCUT2D eigenvalue weighted by Gasteiger charge is -2.19. The van der Waals surface area contributed by atoms with Crippen LogP contribution in [0, 0.1) is 11.2 Å². The average molecular weight is 496 g/mol. The monoisotopic (exact) mass is 495 g/mol. The van der Waals surface area contributed by atoms with E-state index in [1.165, 1.54) is 23.0 Å². The molecule has 0 aliphatic heterocycles. The van der Waals surface area contributed by atoms with Gasteiger partial charge in [-0.05, 0) is 18.2 Å². The van der Waals surface area contributed by atoms with Gasteiger partial charge in [0, 0.05) is 43.8 Å². The molecule has 1 atom stereocenters. The van der Waals surface area contributed by atoms with Crippen LogP contribution in [0.3, 0.4) is 0 Å². The van der Waals surface area contributed by atoms with Crippen LogP contribution in [0.15, 0.2) is 65.8 Å². The first kappa shape index (κ1) is 24.1. The van der Waals surface area contributed by atoms with Crippen molar-refractivity contribution in [1.82, 2.24) is 19.3 Å². The molecule has 9 nitrogen and oxygen atoms in total. The lowest BCUT2D eigenvalue weighted by Crippen LogP contribution is -2.24. The Kier molecular flexibility index (Phi) is 7.23. The molecule has 11 heteroatoms. The highest BCUT2D eigenvalue weighted by atomic mass is 35.5. The Balaban J connectivity index is 1.64. The predicted octanol–water partition coefficient (Wildman–Crippen LogP) is 3.51. The first-order chi connectivity index (χ1) is 16.9. The lowest BCUT2D eigenvalue weighted by molar-refractivity contribution is 0.271. The van der Waals surface area contributed by atoms with E-state index < -0.39 is 11.6 Å². The van der Waals surface area contributed by atoms with Crippen LogP contribution in [0.25, 0.3) is 5.69 Å². The van der Waals surface area contributed by atoms with Crippen LogP contribution in [-0.2, 0) is 13.6 Å². The Morgan fingerprint density at radius 3 is 2.77 bits per heavy atom. The van der Waals surface area contributed by atoms with Gasteiger partial charge < -0.3 is 21.1 Å². The summed E-state index contributed by atoms with van der Waals surface area (Å²) in [7, 11) is 1.76.